The second kappa shape index (κ2) is 4.08. The zero-order valence-electron chi connectivity index (χ0n) is 6.63. The summed E-state index contributed by atoms with van der Waals surface area (Å²) in [6, 6.07) is 1.94. The van der Waals surface area contributed by atoms with E-state index in [0.717, 1.165) is 0 Å². The lowest BCUT2D eigenvalue weighted by Gasteiger charge is -2.11. The molecule has 2 nitrogen and oxygen atoms in total. The Hall–Kier alpha value is -0.810. The van der Waals surface area contributed by atoms with E-state index in [1.807, 2.05) is 19.9 Å². The van der Waals surface area contributed by atoms with E-state index >= 15 is 0 Å². The van der Waals surface area contributed by atoms with Gasteiger partial charge in [0.25, 0.3) is 0 Å². The number of hydrogen-bond donors (Lipinski definition) is 1. The van der Waals surface area contributed by atoms with Crippen molar-refractivity contribution in [1.29, 1.82) is 5.26 Å². The van der Waals surface area contributed by atoms with Gasteiger partial charge in [0.05, 0.1) is 17.7 Å². The van der Waals surface area contributed by atoms with Gasteiger partial charge in [0.1, 0.15) is 0 Å². The van der Waals surface area contributed by atoms with Crippen LogP contribution in [-0.2, 0) is 0 Å². The third kappa shape index (κ3) is 2.20. The van der Waals surface area contributed by atoms with Crippen LogP contribution in [0.5, 0.6) is 0 Å². The number of nitriles is 1. The Morgan fingerprint density at radius 1 is 1.60 bits per heavy atom. The fraction of sp³-hybridized carbons (Fsp3) is 0.625. The van der Waals surface area contributed by atoms with Crippen molar-refractivity contribution in [3.8, 4) is 6.07 Å². The normalized spacial score (nSPS) is 15.0. The van der Waals surface area contributed by atoms with Gasteiger partial charge in [-0.05, 0) is 12.8 Å². The number of aliphatic hydroxyl groups is 1. The Morgan fingerprint density at radius 3 is 2.20 bits per heavy atom. The molecule has 0 aliphatic carbocycles. The lowest BCUT2D eigenvalue weighted by molar-refractivity contribution is 0.164. The average Bonchev–Trinajstić information content (AvgIpc) is 1.90. The van der Waals surface area contributed by atoms with Gasteiger partial charge in [-0.2, -0.15) is 5.26 Å². The molecule has 0 aliphatic rings. The third-order valence-corrected chi connectivity index (χ3v) is 1.39. The monoisotopic (exact) mass is 139 g/mol. The van der Waals surface area contributed by atoms with Crippen LogP contribution in [0.1, 0.15) is 20.8 Å². The number of aliphatic hydroxyl groups excluding tert-OH is 1. The smallest absolute Gasteiger partial charge is 0.0971 e. The minimum Gasteiger partial charge on any atom is -0.387 e. The molecule has 0 spiro atoms. The minimum atomic E-state index is -0.602. The highest BCUT2D eigenvalue weighted by Crippen LogP contribution is 2.10. The summed E-state index contributed by atoms with van der Waals surface area (Å²) < 4.78 is 0. The molecule has 0 radical (unpaired) electrons. The SMILES string of the molecule is C/C=C(/C#N)C(O)C(C)C. The first kappa shape index (κ1) is 9.19. The van der Waals surface area contributed by atoms with Crippen molar-refractivity contribution < 1.29 is 5.11 Å². The van der Waals surface area contributed by atoms with Gasteiger partial charge in [-0.15, -0.1) is 0 Å². The molecular weight excluding hydrogens is 126 g/mol. The Balaban J connectivity index is 4.21. The summed E-state index contributed by atoms with van der Waals surface area (Å²) in [5.74, 6) is 0.117. The fourth-order valence-electron chi connectivity index (χ4n) is 0.661. The molecule has 2 heteroatoms. The molecule has 0 amide bonds. The molecule has 10 heavy (non-hydrogen) atoms. The lowest BCUT2D eigenvalue weighted by atomic mass is 10.0. The van der Waals surface area contributed by atoms with Crippen molar-refractivity contribution >= 4 is 0 Å². The summed E-state index contributed by atoms with van der Waals surface area (Å²) in [4.78, 5) is 0. The van der Waals surface area contributed by atoms with E-state index in [9.17, 15) is 5.11 Å². The van der Waals surface area contributed by atoms with Crippen LogP contribution in [0.25, 0.3) is 0 Å². The summed E-state index contributed by atoms with van der Waals surface area (Å²) >= 11 is 0. The number of rotatable bonds is 2. The second-order valence-electron chi connectivity index (χ2n) is 2.54. The first-order valence-corrected chi connectivity index (χ1v) is 3.37. The van der Waals surface area contributed by atoms with Gasteiger partial charge in [-0.25, -0.2) is 0 Å². The quantitative estimate of drug-likeness (QED) is 0.589. The molecule has 0 bridgehead atoms. The lowest BCUT2D eigenvalue weighted by Crippen LogP contribution is -2.16. The number of allylic oxidation sites excluding steroid dienone is 1. The molecular formula is C8H13NO. The van der Waals surface area contributed by atoms with Crippen molar-refractivity contribution in [1.82, 2.24) is 0 Å². The maximum absolute atomic E-state index is 9.30. The van der Waals surface area contributed by atoms with E-state index in [2.05, 4.69) is 0 Å². The molecule has 0 heterocycles. The van der Waals surface area contributed by atoms with E-state index in [1.165, 1.54) is 0 Å². The molecule has 0 fully saturated rings. The van der Waals surface area contributed by atoms with Crippen LogP contribution in [0.15, 0.2) is 11.6 Å². The van der Waals surface area contributed by atoms with Gasteiger partial charge < -0.3 is 5.11 Å². The molecule has 1 atom stereocenters. The summed E-state index contributed by atoms with van der Waals surface area (Å²) in [6.07, 6.45) is 1.04. The fourth-order valence-corrected chi connectivity index (χ4v) is 0.661. The Kier molecular flexibility index (Phi) is 3.75. The highest BCUT2D eigenvalue weighted by molar-refractivity contribution is 5.24. The first-order chi connectivity index (χ1) is 4.63. The van der Waals surface area contributed by atoms with Gasteiger partial charge in [-0.3, -0.25) is 0 Å². The predicted molar refractivity (Wildman–Crippen MR) is 40.2 cm³/mol. The largest absolute Gasteiger partial charge is 0.387 e. The van der Waals surface area contributed by atoms with E-state index < -0.39 is 6.10 Å². The number of nitrogens with zero attached hydrogens (tertiary/aromatic N) is 1. The maximum Gasteiger partial charge on any atom is 0.0971 e. The van der Waals surface area contributed by atoms with E-state index in [-0.39, 0.29) is 5.92 Å². The highest BCUT2D eigenvalue weighted by Gasteiger charge is 2.12. The second-order valence-corrected chi connectivity index (χ2v) is 2.54. The Morgan fingerprint density at radius 2 is 2.10 bits per heavy atom. The van der Waals surface area contributed by atoms with Crippen LogP contribution in [0.4, 0.5) is 0 Å². The number of hydrogen-bond acceptors (Lipinski definition) is 2. The summed E-state index contributed by atoms with van der Waals surface area (Å²) in [6.45, 7) is 5.52. The molecule has 0 aromatic heterocycles. The van der Waals surface area contributed by atoms with Crippen LogP contribution in [0.2, 0.25) is 0 Å². The Labute approximate surface area is 61.8 Å². The third-order valence-electron chi connectivity index (χ3n) is 1.39. The van der Waals surface area contributed by atoms with Gasteiger partial charge >= 0.3 is 0 Å². The summed E-state index contributed by atoms with van der Waals surface area (Å²) in [5, 5.41) is 17.8. The van der Waals surface area contributed by atoms with Crippen LogP contribution in [0.3, 0.4) is 0 Å². The van der Waals surface area contributed by atoms with Crippen LogP contribution < -0.4 is 0 Å². The van der Waals surface area contributed by atoms with Crippen LogP contribution in [0, 0.1) is 17.2 Å². The molecule has 0 saturated carbocycles. The molecule has 0 saturated heterocycles. The molecule has 0 aromatic carbocycles. The van der Waals surface area contributed by atoms with Crippen molar-refractivity contribution in [2.75, 3.05) is 0 Å². The van der Waals surface area contributed by atoms with Gasteiger partial charge in [-0.1, -0.05) is 19.9 Å². The molecule has 0 aromatic rings. The Bertz CT molecular complexity index is 165. The zero-order valence-corrected chi connectivity index (χ0v) is 6.63. The molecule has 1 unspecified atom stereocenters. The van der Waals surface area contributed by atoms with Crippen molar-refractivity contribution in [3.63, 3.8) is 0 Å². The molecule has 1 N–H and O–H groups in total. The first-order valence-electron chi connectivity index (χ1n) is 3.37. The van der Waals surface area contributed by atoms with Gasteiger partial charge in [0, 0.05) is 0 Å². The van der Waals surface area contributed by atoms with E-state index in [0.29, 0.717) is 5.57 Å². The van der Waals surface area contributed by atoms with Gasteiger partial charge in [0.15, 0.2) is 0 Å². The summed E-state index contributed by atoms with van der Waals surface area (Å²) in [7, 11) is 0. The maximum atomic E-state index is 9.30. The van der Waals surface area contributed by atoms with Crippen molar-refractivity contribution in [3.05, 3.63) is 11.6 Å². The highest BCUT2D eigenvalue weighted by atomic mass is 16.3. The van der Waals surface area contributed by atoms with E-state index in [1.54, 1.807) is 13.0 Å². The zero-order chi connectivity index (χ0) is 8.15. The van der Waals surface area contributed by atoms with Crippen LogP contribution >= 0.6 is 0 Å². The standard InChI is InChI=1S/C8H13NO/c1-4-7(5-9)8(10)6(2)3/h4,6,8,10H,1-3H3/b7-4-. The van der Waals surface area contributed by atoms with E-state index in [4.69, 9.17) is 5.26 Å². The predicted octanol–water partition coefficient (Wildman–Crippen LogP) is 1.47. The molecule has 0 rings (SSSR count). The average molecular weight is 139 g/mol. The molecule has 0 aliphatic heterocycles. The van der Waals surface area contributed by atoms with Crippen molar-refractivity contribution in [2.24, 2.45) is 5.92 Å². The molecule has 56 valence electrons. The summed E-state index contributed by atoms with van der Waals surface area (Å²) in [5.41, 5.74) is 0.454. The van der Waals surface area contributed by atoms with Crippen LogP contribution in [-0.4, -0.2) is 11.2 Å². The minimum absolute atomic E-state index is 0.117. The van der Waals surface area contributed by atoms with Crippen molar-refractivity contribution in [2.45, 2.75) is 26.9 Å². The van der Waals surface area contributed by atoms with Gasteiger partial charge in [0.2, 0.25) is 0 Å². The topological polar surface area (TPSA) is 44.0 Å².